The monoisotopic (exact) mass is 352 g/mol. The molecule has 0 saturated carbocycles. The number of amides is 1. The fourth-order valence-corrected chi connectivity index (χ4v) is 2.65. The Kier molecular flexibility index (Phi) is 4.46. The smallest absolute Gasteiger partial charge is 0.335 e. The van der Waals surface area contributed by atoms with Gasteiger partial charge in [0.2, 0.25) is 5.91 Å². The van der Waals surface area contributed by atoms with Gasteiger partial charge in [0.15, 0.2) is 11.5 Å². The first-order valence-corrected chi connectivity index (χ1v) is 8.22. The number of benzene rings is 1. The Balaban J connectivity index is 1.81. The van der Waals surface area contributed by atoms with Crippen LogP contribution in [0.25, 0.3) is 11.0 Å². The van der Waals surface area contributed by atoms with Crippen LogP contribution in [0.15, 0.2) is 36.4 Å². The number of fused-ring (bicyclic) bond motifs is 1. The zero-order valence-electron chi connectivity index (χ0n) is 14.8. The number of anilines is 1. The second-order valence-electron chi connectivity index (χ2n) is 7.10. The van der Waals surface area contributed by atoms with Crippen LogP contribution in [0.1, 0.15) is 42.4 Å². The number of rotatable bonds is 4. The molecule has 0 unspecified atom stereocenters. The molecule has 0 radical (unpaired) electrons. The van der Waals surface area contributed by atoms with E-state index in [-0.39, 0.29) is 23.3 Å². The summed E-state index contributed by atoms with van der Waals surface area (Å²) in [5.74, 6) is -1.02. The predicted molar refractivity (Wildman–Crippen MR) is 98.3 cm³/mol. The van der Waals surface area contributed by atoms with Crippen LogP contribution in [0.4, 0.5) is 5.82 Å². The Bertz CT molecular complexity index is 986. The Morgan fingerprint density at radius 2 is 1.88 bits per heavy atom. The van der Waals surface area contributed by atoms with E-state index >= 15 is 0 Å². The third-order valence-corrected chi connectivity index (χ3v) is 4.05. The number of carbonyl (C=O) groups is 2. The molecule has 2 aromatic heterocycles. The Morgan fingerprint density at radius 3 is 2.58 bits per heavy atom. The summed E-state index contributed by atoms with van der Waals surface area (Å²) in [6.45, 7) is 6.21. The van der Waals surface area contributed by atoms with E-state index in [9.17, 15) is 14.7 Å². The lowest BCUT2D eigenvalue weighted by Crippen LogP contribution is -2.17. The average Bonchev–Trinajstić information content (AvgIpc) is 2.96. The number of H-pyrrole nitrogens is 1. The minimum absolute atomic E-state index is 0.0513. The Labute approximate surface area is 150 Å². The van der Waals surface area contributed by atoms with Gasteiger partial charge in [-0.3, -0.25) is 9.89 Å². The molecule has 7 nitrogen and oxygen atoms in total. The van der Waals surface area contributed by atoms with Crippen molar-refractivity contribution >= 4 is 28.7 Å². The van der Waals surface area contributed by atoms with Gasteiger partial charge in [-0.1, -0.05) is 39.0 Å². The van der Waals surface area contributed by atoms with E-state index in [0.29, 0.717) is 22.4 Å². The fraction of sp³-hybridized carbons (Fsp3) is 0.263. The second-order valence-corrected chi connectivity index (χ2v) is 7.10. The van der Waals surface area contributed by atoms with E-state index in [1.54, 1.807) is 18.2 Å². The Morgan fingerprint density at radius 1 is 1.15 bits per heavy atom. The van der Waals surface area contributed by atoms with Crippen LogP contribution in [0.5, 0.6) is 0 Å². The first-order chi connectivity index (χ1) is 12.3. The molecule has 0 fully saturated rings. The standard InChI is InChI=1S/C19H20N4O3/c1-19(2,3)14-9-8-13-16(20-14)22-23-17(13)21-15(24)10-11-6-4-5-7-12(11)18(25)26/h4-9H,10H2,1-3H3,(H,25,26)(H2,20,21,22,23,24). The van der Waals surface area contributed by atoms with Crippen molar-refractivity contribution in [2.75, 3.05) is 5.32 Å². The van der Waals surface area contributed by atoms with Crippen LogP contribution in [0.3, 0.4) is 0 Å². The molecule has 134 valence electrons. The van der Waals surface area contributed by atoms with Crippen molar-refractivity contribution in [3.05, 3.63) is 53.2 Å². The minimum atomic E-state index is -1.06. The average molecular weight is 352 g/mol. The SMILES string of the molecule is CC(C)(C)c1ccc2c(NC(=O)Cc3ccccc3C(=O)O)n[nH]c2n1. The molecule has 0 aliphatic rings. The fourth-order valence-electron chi connectivity index (χ4n) is 2.65. The molecule has 0 aliphatic heterocycles. The van der Waals surface area contributed by atoms with Gasteiger partial charge in [-0.05, 0) is 23.8 Å². The van der Waals surface area contributed by atoms with Gasteiger partial charge in [0.1, 0.15) is 0 Å². The summed E-state index contributed by atoms with van der Waals surface area (Å²) in [7, 11) is 0. The summed E-state index contributed by atoms with van der Waals surface area (Å²) in [4.78, 5) is 28.1. The van der Waals surface area contributed by atoms with Crippen molar-refractivity contribution in [1.82, 2.24) is 15.2 Å². The van der Waals surface area contributed by atoms with Crippen LogP contribution in [0.2, 0.25) is 0 Å². The van der Waals surface area contributed by atoms with Crippen LogP contribution >= 0.6 is 0 Å². The highest BCUT2D eigenvalue weighted by molar-refractivity contribution is 6.00. The highest BCUT2D eigenvalue weighted by atomic mass is 16.4. The van der Waals surface area contributed by atoms with Gasteiger partial charge < -0.3 is 10.4 Å². The molecule has 0 atom stereocenters. The van der Waals surface area contributed by atoms with Crippen molar-refractivity contribution in [2.24, 2.45) is 0 Å². The van der Waals surface area contributed by atoms with Crippen molar-refractivity contribution in [1.29, 1.82) is 0 Å². The molecule has 3 aromatic rings. The van der Waals surface area contributed by atoms with Gasteiger partial charge in [0.05, 0.1) is 17.4 Å². The highest BCUT2D eigenvalue weighted by Gasteiger charge is 2.18. The van der Waals surface area contributed by atoms with E-state index in [4.69, 9.17) is 0 Å². The van der Waals surface area contributed by atoms with Crippen molar-refractivity contribution < 1.29 is 14.7 Å². The summed E-state index contributed by atoms with van der Waals surface area (Å²) in [6.07, 6.45) is -0.0513. The number of hydrogen-bond acceptors (Lipinski definition) is 4. The van der Waals surface area contributed by atoms with Crippen LogP contribution in [0, 0.1) is 0 Å². The van der Waals surface area contributed by atoms with Crippen molar-refractivity contribution in [3.63, 3.8) is 0 Å². The summed E-state index contributed by atoms with van der Waals surface area (Å²) < 4.78 is 0. The number of carbonyl (C=O) groups excluding carboxylic acids is 1. The largest absolute Gasteiger partial charge is 0.478 e. The molecule has 26 heavy (non-hydrogen) atoms. The predicted octanol–water partition coefficient (Wildman–Crippen LogP) is 3.13. The second kappa shape index (κ2) is 6.59. The van der Waals surface area contributed by atoms with E-state index in [1.807, 2.05) is 12.1 Å². The molecule has 2 heterocycles. The maximum atomic E-state index is 12.3. The van der Waals surface area contributed by atoms with Crippen molar-refractivity contribution in [2.45, 2.75) is 32.6 Å². The van der Waals surface area contributed by atoms with Gasteiger partial charge in [-0.15, -0.1) is 0 Å². The first kappa shape index (κ1) is 17.6. The molecule has 0 aliphatic carbocycles. The summed E-state index contributed by atoms with van der Waals surface area (Å²) >= 11 is 0. The van der Waals surface area contributed by atoms with Gasteiger partial charge in [0.25, 0.3) is 0 Å². The number of aromatic amines is 1. The van der Waals surface area contributed by atoms with Crippen LogP contribution in [-0.4, -0.2) is 32.2 Å². The molecule has 0 spiro atoms. The lowest BCUT2D eigenvalue weighted by atomic mass is 9.91. The number of nitrogens with zero attached hydrogens (tertiary/aromatic N) is 2. The van der Waals surface area contributed by atoms with E-state index in [2.05, 4.69) is 41.3 Å². The van der Waals surface area contributed by atoms with Crippen molar-refractivity contribution in [3.8, 4) is 0 Å². The molecule has 0 saturated heterocycles. The van der Waals surface area contributed by atoms with Gasteiger partial charge >= 0.3 is 5.97 Å². The number of carboxylic acid groups (broad SMARTS) is 1. The number of pyridine rings is 1. The third kappa shape index (κ3) is 3.56. The molecular weight excluding hydrogens is 332 g/mol. The minimum Gasteiger partial charge on any atom is -0.478 e. The highest BCUT2D eigenvalue weighted by Crippen LogP contribution is 2.25. The zero-order valence-corrected chi connectivity index (χ0v) is 14.8. The summed E-state index contributed by atoms with van der Waals surface area (Å²) in [5.41, 5.74) is 1.99. The first-order valence-electron chi connectivity index (χ1n) is 8.22. The molecule has 3 rings (SSSR count). The zero-order chi connectivity index (χ0) is 18.9. The molecule has 0 bridgehead atoms. The van der Waals surface area contributed by atoms with Crippen LogP contribution in [-0.2, 0) is 16.6 Å². The normalized spacial score (nSPS) is 11.5. The summed E-state index contributed by atoms with van der Waals surface area (Å²) in [5, 5.41) is 19.6. The maximum absolute atomic E-state index is 12.3. The lowest BCUT2D eigenvalue weighted by Gasteiger charge is -2.17. The number of aromatic nitrogens is 3. The molecule has 1 aromatic carbocycles. The van der Waals surface area contributed by atoms with E-state index < -0.39 is 5.97 Å². The quantitative estimate of drug-likeness (QED) is 0.668. The number of hydrogen-bond donors (Lipinski definition) is 3. The molecule has 3 N–H and O–H groups in total. The van der Waals surface area contributed by atoms with E-state index in [0.717, 1.165) is 5.69 Å². The van der Waals surface area contributed by atoms with Gasteiger partial charge in [-0.25, -0.2) is 9.78 Å². The number of carboxylic acids is 1. The third-order valence-electron chi connectivity index (χ3n) is 4.05. The topological polar surface area (TPSA) is 108 Å². The lowest BCUT2D eigenvalue weighted by molar-refractivity contribution is -0.115. The molecule has 7 heteroatoms. The molecule has 1 amide bonds. The van der Waals surface area contributed by atoms with Gasteiger partial charge in [-0.2, -0.15) is 5.10 Å². The van der Waals surface area contributed by atoms with Gasteiger partial charge in [0, 0.05) is 11.1 Å². The Hall–Kier alpha value is -3.22. The number of nitrogens with one attached hydrogen (secondary N) is 2. The van der Waals surface area contributed by atoms with E-state index in [1.165, 1.54) is 6.07 Å². The number of aromatic carboxylic acids is 1. The maximum Gasteiger partial charge on any atom is 0.335 e. The van der Waals surface area contributed by atoms with Crippen LogP contribution < -0.4 is 5.32 Å². The summed E-state index contributed by atoms with van der Waals surface area (Å²) in [6, 6.07) is 10.2. The molecular formula is C19H20N4O3.